The van der Waals surface area contributed by atoms with E-state index in [1.165, 1.54) is 37.7 Å². The molecule has 29 heavy (non-hydrogen) atoms. The van der Waals surface area contributed by atoms with Crippen molar-refractivity contribution in [3.8, 4) is 0 Å². The molecule has 0 radical (unpaired) electrons. The van der Waals surface area contributed by atoms with Gasteiger partial charge < -0.3 is 15.3 Å². The number of aliphatic hydroxyl groups excluding tert-OH is 2. The average molecular weight is 405 g/mol. The molecule has 0 heterocycles. The Morgan fingerprint density at radius 3 is 2.66 bits per heavy atom. The van der Waals surface area contributed by atoms with Gasteiger partial charge in [-0.25, -0.2) is 0 Å². The number of hydrogen-bond donors (Lipinski definition) is 3. The van der Waals surface area contributed by atoms with Crippen LogP contribution >= 0.6 is 0 Å². The van der Waals surface area contributed by atoms with Gasteiger partial charge in [0.1, 0.15) is 0 Å². The Hall–Kier alpha value is -0.640. The number of allylic oxidation sites excluding steroid dienone is 2. The number of aliphatic hydroxyl groups is 3. The lowest BCUT2D eigenvalue weighted by molar-refractivity contribution is 0.0610. The highest BCUT2D eigenvalue weighted by Crippen LogP contribution is 2.59. The standard InChI is InChI=1S/C26H44O3/c1-18(7-5-13-25(2,3)29)23-11-12-24-20(8-6-14-26(23,24)4)10-9-19-15-21(27)17-22(28)16-19/h8,15,18,21-24,27-29H,5-7,9-14,16-17H2,1-4H3/t18-,21-,22-,23-,24+,26-/m1/s1. The molecule has 0 saturated heterocycles. The van der Waals surface area contributed by atoms with Gasteiger partial charge >= 0.3 is 0 Å². The second kappa shape index (κ2) is 9.24. The van der Waals surface area contributed by atoms with Crippen LogP contribution in [-0.4, -0.2) is 33.1 Å². The van der Waals surface area contributed by atoms with E-state index in [0.29, 0.717) is 17.8 Å². The van der Waals surface area contributed by atoms with Crippen LogP contribution in [-0.2, 0) is 0 Å². The molecule has 6 atom stereocenters. The molecule has 3 aliphatic carbocycles. The fraction of sp³-hybridized carbons (Fsp3) is 0.846. The molecule has 0 aromatic rings. The van der Waals surface area contributed by atoms with Crippen LogP contribution < -0.4 is 0 Å². The summed E-state index contributed by atoms with van der Waals surface area (Å²) in [6, 6.07) is 0. The highest BCUT2D eigenvalue weighted by atomic mass is 16.3. The van der Waals surface area contributed by atoms with E-state index >= 15 is 0 Å². The Labute approximate surface area is 178 Å². The summed E-state index contributed by atoms with van der Waals surface area (Å²) in [6.45, 7) is 8.82. The van der Waals surface area contributed by atoms with Crippen LogP contribution in [0, 0.1) is 23.2 Å². The average Bonchev–Trinajstić information content (AvgIpc) is 2.95. The van der Waals surface area contributed by atoms with E-state index in [0.717, 1.165) is 43.9 Å². The molecular formula is C26H44O3. The molecule has 3 rings (SSSR count). The van der Waals surface area contributed by atoms with Crippen molar-refractivity contribution in [3.05, 3.63) is 23.3 Å². The second-order valence-corrected chi connectivity index (χ2v) is 11.2. The zero-order chi connectivity index (χ0) is 21.2. The van der Waals surface area contributed by atoms with E-state index in [4.69, 9.17) is 0 Å². The summed E-state index contributed by atoms with van der Waals surface area (Å²) in [6.07, 6.45) is 15.3. The maximum atomic E-state index is 10.0. The van der Waals surface area contributed by atoms with Crippen molar-refractivity contribution >= 4 is 0 Å². The summed E-state index contributed by atoms with van der Waals surface area (Å²) < 4.78 is 0. The topological polar surface area (TPSA) is 60.7 Å². The molecule has 0 spiro atoms. The lowest BCUT2D eigenvalue weighted by atomic mass is 9.61. The van der Waals surface area contributed by atoms with Crippen molar-refractivity contribution in [3.63, 3.8) is 0 Å². The van der Waals surface area contributed by atoms with Gasteiger partial charge in [-0.05, 0) is 88.4 Å². The number of rotatable bonds is 8. The van der Waals surface area contributed by atoms with Crippen molar-refractivity contribution in [2.75, 3.05) is 0 Å². The first-order valence-corrected chi connectivity index (χ1v) is 12.1. The summed E-state index contributed by atoms with van der Waals surface area (Å²) >= 11 is 0. The summed E-state index contributed by atoms with van der Waals surface area (Å²) in [4.78, 5) is 0. The van der Waals surface area contributed by atoms with Crippen LogP contribution in [0.25, 0.3) is 0 Å². The van der Waals surface area contributed by atoms with Crippen molar-refractivity contribution in [2.24, 2.45) is 23.2 Å². The Balaban J connectivity index is 1.58. The monoisotopic (exact) mass is 404 g/mol. The number of fused-ring (bicyclic) bond motifs is 1. The fourth-order valence-electron chi connectivity index (χ4n) is 6.78. The quantitative estimate of drug-likeness (QED) is 0.466. The number of hydrogen-bond acceptors (Lipinski definition) is 3. The zero-order valence-corrected chi connectivity index (χ0v) is 19.2. The Morgan fingerprint density at radius 2 is 1.97 bits per heavy atom. The Bertz CT molecular complexity index is 614. The van der Waals surface area contributed by atoms with Crippen LogP contribution in [0.3, 0.4) is 0 Å². The van der Waals surface area contributed by atoms with E-state index in [2.05, 4.69) is 19.9 Å². The SMILES string of the molecule is C[C@H](CCCC(C)(C)O)[C@H]1CC[C@H]2C(CCC3=C[C@@H](O)C[C@H](O)C3)=CCC[C@]12C. The predicted molar refractivity (Wildman–Crippen MR) is 120 cm³/mol. The van der Waals surface area contributed by atoms with Crippen molar-refractivity contribution < 1.29 is 15.3 Å². The molecule has 3 heteroatoms. The summed E-state index contributed by atoms with van der Waals surface area (Å²) in [5.74, 6) is 2.21. The second-order valence-electron chi connectivity index (χ2n) is 11.2. The molecule has 1 saturated carbocycles. The van der Waals surface area contributed by atoms with Gasteiger partial charge in [-0.2, -0.15) is 0 Å². The Morgan fingerprint density at radius 1 is 1.21 bits per heavy atom. The molecule has 0 aliphatic heterocycles. The van der Waals surface area contributed by atoms with Crippen LogP contribution in [0.1, 0.15) is 98.3 Å². The van der Waals surface area contributed by atoms with Crippen LogP contribution in [0.4, 0.5) is 0 Å². The van der Waals surface area contributed by atoms with Crippen molar-refractivity contribution in [1.82, 2.24) is 0 Å². The smallest absolute Gasteiger partial charge is 0.0748 e. The molecule has 3 nitrogen and oxygen atoms in total. The van der Waals surface area contributed by atoms with Crippen LogP contribution in [0.2, 0.25) is 0 Å². The summed E-state index contributed by atoms with van der Waals surface area (Å²) in [5, 5.41) is 29.9. The maximum absolute atomic E-state index is 10.0. The summed E-state index contributed by atoms with van der Waals surface area (Å²) in [5.41, 5.74) is 2.75. The molecule has 3 aliphatic rings. The van der Waals surface area contributed by atoms with E-state index in [9.17, 15) is 15.3 Å². The lowest BCUT2D eigenvalue weighted by Crippen LogP contribution is -2.35. The van der Waals surface area contributed by atoms with Crippen LogP contribution in [0.15, 0.2) is 23.3 Å². The molecule has 0 aromatic carbocycles. The van der Waals surface area contributed by atoms with Crippen LogP contribution in [0.5, 0.6) is 0 Å². The van der Waals surface area contributed by atoms with E-state index in [1.807, 2.05) is 19.9 Å². The first kappa shape index (κ1) is 23.0. The lowest BCUT2D eigenvalue weighted by Gasteiger charge is -2.43. The highest BCUT2D eigenvalue weighted by molar-refractivity contribution is 5.22. The molecule has 0 unspecified atom stereocenters. The van der Waals surface area contributed by atoms with Gasteiger partial charge in [0.15, 0.2) is 0 Å². The first-order valence-electron chi connectivity index (χ1n) is 12.1. The van der Waals surface area contributed by atoms with Gasteiger partial charge in [0.2, 0.25) is 0 Å². The fourth-order valence-corrected chi connectivity index (χ4v) is 6.78. The maximum Gasteiger partial charge on any atom is 0.0748 e. The van der Waals surface area contributed by atoms with E-state index in [1.54, 1.807) is 5.57 Å². The van der Waals surface area contributed by atoms with E-state index < -0.39 is 11.7 Å². The van der Waals surface area contributed by atoms with Crippen molar-refractivity contribution in [2.45, 2.75) is 116 Å². The Kier molecular flexibility index (Phi) is 7.34. The van der Waals surface area contributed by atoms with Gasteiger partial charge in [-0.15, -0.1) is 0 Å². The van der Waals surface area contributed by atoms with Gasteiger partial charge in [-0.3, -0.25) is 0 Å². The summed E-state index contributed by atoms with van der Waals surface area (Å²) in [7, 11) is 0. The van der Waals surface area contributed by atoms with Gasteiger partial charge in [0, 0.05) is 6.42 Å². The third kappa shape index (κ3) is 5.74. The third-order valence-corrected chi connectivity index (χ3v) is 8.26. The van der Waals surface area contributed by atoms with Gasteiger partial charge in [0.05, 0.1) is 17.8 Å². The molecule has 0 amide bonds. The van der Waals surface area contributed by atoms with Gasteiger partial charge in [-0.1, -0.05) is 50.0 Å². The highest BCUT2D eigenvalue weighted by Gasteiger charge is 2.49. The normalized spacial score (nSPS) is 36.4. The minimum absolute atomic E-state index is 0.379. The molecule has 3 N–H and O–H groups in total. The molecule has 1 fully saturated rings. The predicted octanol–water partition coefficient (Wildman–Crippen LogP) is 5.54. The largest absolute Gasteiger partial charge is 0.393 e. The minimum Gasteiger partial charge on any atom is -0.393 e. The molecule has 0 bridgehead atoms. The van der Waals surface area contributed by atoms with Crippen molar-refractivity contribution in [1.29, 1.82) is 0 Å². The molecule has 166 valence electrons. The van der Waals surface area contributed by atoms with E-state index in [-0.39, 0.29) is 6.10 Å². The third-order valence-electron chi connectivity index (χ3n) is 8.26. The first-order chi connectivity index (χ1) is 13.6. The molecule has 0 aromatic heterocycles. The molecular weight excluding hydrogens is 360 g/mol. The zero-order valence-electron chi connectivity index (χ0n) is 19.2. The minimum atomic E-state index is -0.544. The van der Waals surface area contributed by atoms with Gasteiger partial charge in [0.25, 0.3) is 0 Å².